The van der Waals surface area contributed by atoms with Crippen LogP contribution in [0.4, 0.5) is 0 Å². The van der Waals surface area contributed by atoms with E-state index in [-0.39, 0.29) is 5.91 Å². The molecule has 0 bridgehead atoms. The molecule has 2 rings (SSSR count). The Balaban J connectivity index is 1.74. The van der Waals surface area contributed by atoms with Crippen molar-refractivity contribution in [2.75, 3.05) is 0 Å². The quantitative estimate of drug-likeness (QED) is 0.771. The van der Waals surface area contributed by atoms with Gasteiger partial charge in [-0.3, -0.25) is 4.79 Å². The van der Waals surface area contributed by atoms with Gasteiger partial charge in [0.25, 0.3) is 0 Å². The second-order valence-electron chi connectivity index (χ2n) is 6.67. The molecule has 0 spiro atoms. The number of nitrogens with one attached hydrogen (secondary N) is 2. The lowest BCUT2D eigenvalue weighted by Gasteiger charge is -2.34. The lowest BCUT2D eigenvalue weighted by molar-refractivity contribution is -0.123. The van der Waals surface area contributed by atoms with Crippen molar-refractivity contribution in [3.8, 4) is 0 Å². The van der Waals surface area contributed by atoms with Crippen molar-refractivity contribution < 1.29 is 4.79 Å². The first-order valence-electron chi connectivity index (χ1n) is 8.20. The summed E-state index contributed by atoms with van der Waals surface area (Å²) in [6.45, 7) is 4.41. The minimum atomic E-state index is 0.278. The van der Waals surface area contributed by atoms with E-state index in [1.54, 1.807) is 0 Å². The lowest BCUT2D eigenvalue weighted by atomic mass is 9.93. The molecule has 0 aromatic rings. The summed E-state index contributed by atoms with van der Waals surface area (Å²) in [5.41, 5.74) is 0. The van der Waals surface area contributed by atoms with Crippen LogP contribution in [0.1, 0.15) is 71.6 Å². The Labute approximate surface area is 117 Å². The predicted molar refractivity (Wildman–Crippen MR) is 79.0 cm³/mol. The van der Waals surface area contributed by atoms with Gasteiger partial charge in [0, 0.05) is 24.5 Å². The van der Waals surface area contributed by atoms with Gasteiger partial charge in [0.1, 0.15) is 0 Å². The van der Waals surface area contributed by atoms with Crippen LogP contribution in [0.3, 0.4) is 0 Å². The summed E-state index contributed by atoms with van der Waals surface area (Å²) in [5, 5.41) is 6.79. The highest BCUT2D eigenvalue weighted by molar-refractivity contribution is 5.76. The maximum atomic E-state index is 12.2. The summed E-state index contributed by atoms with van der Waals surface area (Å²) < 4.78 is 0. The SMILES string of the molecule is CC1CCC(NC(=O)CC2CCCCCC2)C(C)N1. The minimum Gasteiger partial charge on any atom is -0.352 e. The van der Waals surface area contributed by atoms with Gasteiger partial charge >= 0.3 is 0 Å². The Morgan fingerprint density at radius 1 is 1.05 bits per heavy atom. The van der Waals surface area contributed by atoms with Gasteiger partial charge in [-0.25, -0.2) is 0 Å². The Morgan fingerprint density at radius 2 is 1.74 bits per heavy atom. The fraction of sp³-hybridized carbons (Fsp3) is 0.938. The first-order chi connectivity index (χ1) is 9.15. The molecule has 1 saturated carbocycles. The molecule has 3 heteroatoms. The van der Waals surface area contributed by atoms with Crippen LogP contribution in [0.2, 0.25) is 0 Å². The fourth-order valence-electron chi connectivity index (χ4n) is 3.62. The third kappa shape index (κ3) is 4.79. The van der Waals surface area contributed by atoms with Crippen molar-refractivity contribution in [2.45, 2.75) is 89.8 Å². The Morgan fingerprint density at radius 3 is 2.37 bits per heavy atom. The van der Waals surface area contributed by atoms with Gasteiger partial charge in [0.05, 0.1) is 0 Å². The summed E-state index contributed by atoms with van der Waals surface area (Å²) in [6, 6.07) is 1.32. The van der Waals surface area contributed by atoms with Gasteiger partial charge in [0.2, 0.25) is 5.91 Å². The molecule has 0 aromatic heterocycles. The molecule has 110 valence electrons. The molecule has 1 saturated heterocycles. The van der Waals surface area contributed by atoms with Gasteiger partial charge in [-0.15, -0.1) is 0 Å². The minimum absolute atomic E-state index is 0.278. The van der Waals surface area contributed by atoms with Crippen LogP contribution in [-0.4, -0.2) is 24.0 Å². The standard InChI is InChI=1S/C16H30N2O/c1-12-9-10-15(13(2)17-12)18-16(19)11-14-7-5-3-4-6-8-14/h12-15,17H,3-11H2,1-2H3,(H,18,19). The second kappa shape index (κ2) is 7.28. The average Bonchev–Trinajstić information content (AvgIpc) is 2.61. The van der Waals surface area contributed by atoms with Crippen molar-refractivity contribution in [3.05, 3.63) is 0 Å². The molecule has 1 heterocycles. The summed E-state index contributed by atoms with van der Waals surface area (Å²) in [6.07, 6.45) is 10.9. The van der Waals surface area contributed by atoms with Crippen LogP contribution >= 0.6 is 0 Å². The number of hydrogen-bond donors (Lipinski definition) is 2. The summed E-state index contributed by atoms with van der Waals surface area (Å²) in [4.78, 5) is 12.2. The maximum Gasteiger partial charge on any atom is 0.220 e. The topological polar surface area (TPSA) is 41.1 Å². The Kier molecular flexibility index (Phi) is 5.68. The fourth-order valence-corrected chi connectivity index (χ4v) is 3.62. The molecule has 3 nitrogen and oxygen atoms in total. The zero-order valence-corrected chi connectivity index (χ0v) is 12.6. The monoisotopic (exact) mass is 266 g/mol. The molecule has 0 aromatic carbocycles. The lowest BCUT2D eigenvalue weighted by Crippen LogP contribution is -2.54. The van der Waals surface area contributed by atoms with E-state index in [4.69, 9.17) is 0 Å². The van der Waals surface area contributed by atoms with E-state index in [0.29, 0.717) is 24.0 Å². The first-order valence-corrected chi connectivity index (χ1v) is 8.20. The van der Waals surface area contributed by atoms with Crippen molar-refractivity contribution in [1.82, 2.24) is 10.6 Å². The summed E-state index contributed by atoms with van der Waals surface area (Å²) >= 11 is 0. The van der Waals surface area contributed by atoms with Crippen LogP contribution < -0.4 is 10.6 Å². The predicted octanol–water partition coefficient (Wildman–Crippen LogP) is 2.99. The number of rotatable bonds is 3. The van der Waals surface area contributed by atoms with Gasteiger partial charge in [-0.1, -0.05) is 25.7 Å². The van der Waals surface area contributed by atoms with Gasteiger partial charge in [-0.05, 0) is 45.4 Å². The van der Waals surface area contributed by atoms with Gasteiger partial charge in [-0.2, -0.15) is 0 Å². The molecule has 0 radical (unpaired) electrons. The van der Waals surface area contributed by atoms with E-state index in [2.05, 4.69) is 24.5 Å². The molecule has 3 unspecified atom stereocenters. The van der Waals surface area contributed by atoms with E-state index in [9.17, 15) is 4.79 Å². The molecule has 2 aliphatic rings. The highest BCUT2D eigenvalue weighted by Gasteiger charge is 2.26. The van der Waals surface area contributed by atoms with Crippen LogP contribution in [0.5, 0.6) is 0 Å². The molecular formula is C16H30N2O. The third-order valence-corrected chi connectivity index (χ3v) is 4.86. The molecule has 1 aliphatic carbocycles. The first kappa shape index (κ1) is 14.8. The zero-order valence-electron chi connectivity index (χ0n) is 12.6. The second-order valence-corrected chi connectivity index (χ2v) is 6.67. The van der Waals surface area contributed by atoms with Crippen LogP contribution in [0, 0.1) is 5.92 Å². The maximum absolute atomic E-state index is 12.2. The molecule has 3 atom stereocenters. The number of carbonyl (C=O) groups excluding carboxylic acids is 1. The number of carbonyl (C=O) groups is 1. The average molecular weight is 266 g/mol. The molecule has 1 aliphatic heterocycles. The molecule has 1 amide bonds. The Hall–Kier alpha value is -0.570. The Bertz CT molecular complexity index is 284. The molecular weight excluding hydrogens is 236 g/mol. The smallest absolute Gasteiger partial charge is 0.220 e. The molecule has 2 fully saturated rings. The number of hydrogen-bond acceptors (Lipinski definition) is 2. The highest BCUT2D eigenvalue weighted by atomic mass is 16.1. The molecule has 19 heavy (non-hydrogen) atoms. The summed E-state index contributed by atoms with van der Waals surface area (Å²) in [7, 11) is 0. The summed E-state index contributed by atoms with van der Waals surface area (Å²) in [5.74, 6) is 0.911. The van der Waals surface area contributed by atoms with Gasteiger partial charge in [0.15, 0.2) is 0 Å². The largest absolute Gasteiger partial charge is 0.352 e. The van der Waals surface area contributed by atoms with Crippen LogP contribution in [-0.2, 0) is 4.79 Å². The number of amides is 1. The van der Waals surface area contributed by atoms with E-state index < -0.39 is 0 Å². The van der Waals surface area contributed by atoms with Crippen molar-refractivity contribution >= 4 is 5.91 Å². The van der Waals surface area contributed by atoms with E-state index in [0.717, 1.165) is 12.8 Å². The normalized spacial score (nSPS) is 33.7. The number of piperidine rings is 1. The highest BCUT2D eigenvalue weighted by Crippen LogP contribution is 2.25. The van der Waals surface area contributed by atoms with E-state index in [1.165, 1.54) is 44.9 Å². The van der Waals surface area contributed by atoms with Crippen molar-refractivity contribution in [3.63, 3.8) is 0 Å². The third-order valence-electron chi connectivity index (χ3n) is 4.86. The van der Waals surface area contributed by atoms with Crippen LogP contribution in [0.25, 0.3) is 0 Å². The van der Waals surface area contributed by atoms with E-state index >= 15 is 0 Å². The van der Waals surface area contributed by atoms with Crippen molar-refractivity contribution in [2.24, 2.45) is 5.92 Å². The van der Waals surface area contributed by atoms with Gasteiger partial charge < -0.3 is 10.6 Å². The molecule has 2 N–H and O–H groups in total. The zero-order chi connectivity index (χ0) is 13.7. The van der Waals surface area contributed by atoms with Crippen molar-refractivity contribution in [1.29, 1.82) is 0 Å². The van der Waals surface area contributed by atoms with Crippen LogP contribution in [0.15, 0.2) is 0 Å². The van der Waals surface area contributed by atoms with E-state index in [1.807, 2.05) is 0 Å².